The zero-order chi connectivity index (χ0) is 15.4. The molecule has 0 N–H and O–H groups in total. The van der Waals surface area contributed by atoms with Crippen LogP contribution in [0.3, 0.4) is 0 Å². The zero-order valence-corrected chi connectivity index (χ0v) is 11.8. The molecule has 0 amide bonds. The maximum Gasteiger partial charge on any atom is 0.270 e. The number of rotatable bonds is 1. The number of benzene rings is 1. The highest BCUT2D eigenvalue weighted by Gasteiger charge is 2.22. The summed E-state index contributed by atoms with van der Waals surface area (Å²) >= 11 is 1.41. The number of aromatic nitrogens is 2. The Hall–Kier alpha value is -2.68. The molecule has 3 aromatic rings. The van der Waals surface area contributed by atoms with Gasteiger partial charge in [-0.15, -0.1) is 0 Å². The van der Waals surface area contributed by atoms with Crippen molar-refractivity contribution in [3.63, 3.8) is 0 Å². The molecule has 0 unspecified atom stereocenters. The summed E-state index contributed by atoms with van der Waals surface area (Å²) in [7, 11) is 0. The van der Waals surface area contributed by atoms with Gasteiger partial charge in [0, 0.05) is 24.4 Å². The number of nitrogens with zero attached hydrogens (tertiary/aromatic N) is 3. The second-order valence-corrected chi connectivity index (χ2v) is 5.81. The van der Waals surface area contributed by atoms with E-state index in [0.29, 0.717) is 17.5 Å². The van der Waals surface area contributed by atoms with E-state index in [1.165, 1.54) is 28.5 Å². The van der Waals surface area contributed by atoms with Crippen LogP contribution < -0.4 is 11.0 Å². The van der Waals surface area contributed by atoms with Gasteiger partial charge < -0.3 is 4.42 Å². The van der Waals surface area contributed by atoms with Gasteiger partial charge in [0.2, 0.25) is 11.1 Å². The van der Waals surface area contributed by atoms with Crippen LogP contribution in [0.4, 0.5) is 5.69 Å². The number of thioether (sulfide) groups is 1. The molecule has 8 nitrogen and oxygen atoms in total. The van der Waals surface area contributed by atoms with Gasteiger partial charge in [-0.1, -0.05) is 11.8 Å². The van der Waals surface area contributed by atoms with Gasteiger partial charge in [0.05, 0.1) is 10.3 Å². The highest BCUT2D eigenvalue weighted by atomic mass is 32.2. The molecule has 1 aliphatic heterocycles. The quantitative estimate of drug-likeness (QED) is 0.290. The summed E-state index contributed by atoms with van der Waals surface area (Å²) in [5, 5.41) is 11.2. The van der Waals surface area contributed by atoms with E-state index in [9.17, 15) is 19.7 Å². The highest BCUT2D eigenvalue weighted by molar-refractivity contribution is 7.99. The predicted molar refractivity (Wildman–Crippen MR) is 79.4 cm³/mol. The van der Waals surface area contributed by atoms with E-state index in [-0.39, 0.29) is 27.8 Å². The summed E-state index contributed by atoms with van der Waals surface area (Å²) in [4.78, 5) is 39.4. The Kier molecular flexibility index (Phi) is 2.61. The fraction of sp³-hybridized carbons (Fsp3) is 0.154. The van der Waals surface area contributed by atoms with E-state index in [0.717, 1.165) is 6.07 Å². The van der Waals surface area contributed by atoms with Crippen molar-refractivity contribution in [2.24, 2.45) is 0 Å². The summed E-state index contributed by atoms with van der Waals surface area (Å²) in [5.74, 6) is 0.706. The van der Waals surface area contributed by atoms with Crippen molar-refractivity contribution < 1.29 is 9.34 Å². The van der Waals surface area contributed by atoms with Crippen LogP contribution in [0.5, 0.6) is 0 Å². The van der Waals surface area contributed by atoms with Crippen molar-refractivity contribution >= 4 is 39.5 Å². The maximum absolute atomic E-state index is 12.5. The Morgan fingerprint density at radius 3 is 2.95 bits per heavy atom. The first-order chi connectivity index (χ1) is 10.6. The lowest BCUT2D eigenvalue weighted by Crippen LogP contribution is -2.25. The van der Waals surface area contributed by atoms with Gasteiger partial charge in [0.1, 0.15) is 5.58 Å². The van der Waals surface area contributed by atoms with Gasteiger partial charge >= 0.3 is 0 Å². The number of hydrogen-bond acceptors (Lipinski definition) is 7. The first-order valence-corrected chi connectivity index (χ1v) is 7.33. The molecule has 0 saturated heterocycles. The third-order valence-corrected chi connectivity index (χ3v) is 4.46. The minimum absolute atomic E-state index is 0.00630. The molecule has 3 heterocycles. The van der Waals surface area contributed by atoms with E-state index in [4.69, 9.17) is 4.42 Å². The van der Waals surface area contributed by atoms with Gasteiger partial charge in [-0.2, -0.15) is 4.98 Å². The predicted octanol–water partition coefficient (Wildman–Crippen LogP) is 1.52. The maximum atomic E-state index is 12.5. The lowest BCUT2D eigenvalue weighted by atomic mass is 10.2. The molecule has 1 aromatic carbocycles. The second kappa shape index (κ2) is 4.41. The number of non-ortho nitro benzene ring substituents is 1. The molecular formula is C13H7N3O5S. The monoisotopic (exact) mass is 317 g/mol. The average Bonchev–Trinajstić information content (AvgIpc) is 2.95. The van der Waals surface area contributed by atoms with Crippen molar-refractivity contribution in [1.82, 2.24) is 9.55 Å². The van der Waals surface area contributed by atoms with Crippen LogP contribution in [0.2, 0.25) is 0 Å². The molecule has 0 saturated carbocycles. The van der Waals surface area contributed by atoms with Gasteiger partial charge in [-0.3, -0.25) is 24.3 Å². The van der Waals surface area contributed by atoms with Gasteiger partial charge in [-0.25, -0.2) is 0 Å². The van der Waals surface area contributed by atoms with E-state index >= 15 is 0 Å². The van der Waals surface area contributed by atoms with Crippen molar-refractivity contribution in [2.75, 3.05) is 5.75 Å². The molecule has 0 bridgehead atoms. The standard InChI is InChI=1S/C13H7N3O5S/c17-10-7-5-6(16(19)20)1-2-8(7)21-11-9(10)12(18)15-3-4-22-13(15)14-11/h1-2,5H,3-4H2. The van der Waals surface area contributed by atoms with Crippen LogP contribution in [0.25, 0.3) is 22.1 Å². The first kappa shape index (κ1) is 13.0. The minimum Gasteiger partial charge on any atom is -0.437 e. The summed E-state index contributed by atoms with van der Waals surface area (Å²) in [5.41, 5.74) is -1.15. The van der Waals surface area contributed by atoms with Crippen molar-refractivity contribution in [3.05, 3.63) is 48.9 Å². The smallest absolute Gasteiger partial charge is 0.270 e. The Morgan fingerprint density at radius 1 is 1.36 bits per heavy atom. The molecule has 22 heavy (non-hydrogen) atoms. The second-order valence-electron chi connectivity index (χ2n) is 4.75. The summed E-state index contributed by atoms with van der Waals surface area (Å²) in [6.07, 6.45) is 0. The molecule has 110 valence electrons. The van der Waals surface area contributed by atoms with E-state index in [1.807, 2.05) is 0 Å². The molecular weight excluding hydrogens is 310 g/mol. The van der Waals surface area contributed by atoms with Crippen LogP contribution in [-0.4, -0.2) is 20.2 Å². The molecule has 0 aliphatic carbocycles. The molecule has 4 rings (SSSR count). The zero-order valence-electron chi connectivity index (χ0n) is 10.9. The van der Waals surface area contributed by atoms with Crippen LogP contribution in [0.1, 0.15) is 0 Å². The molecule has 0 atom stereocenters. The molecule has 9 heteroatoms. The molecule has 0 spiro atoms. The Morgan fingerprint density at radius 2 is 2.18 bits per heavy atom. The minimum atomic E-state index is -0.604. The van der Waals surface area contributed by atoms with E-state index in [2.05, 4.69) is 4.98 Å². The number of nitro benzene ring substituents is 1. The van der Waals surface area contributed by atoms with Crippen molar-refractivity contribution in [1.29, 1.82) is 0 Å². The normalized spacial score (nSPS) is 13.6. The summed E-state index contributed by atoms with van der Waals surface area (Å²) in [6.45, 7) is 0.480. The van der Waals surface area contributed by atoms with E-state index in [1.54, 1.807) is 0 Å². The third-order valence-electron chi connectivity index (χ3n) is 3.50. The Labute approximate surface area is 125 Å². The lowest BCUT2D eigenvalue weighted by molar-refractivity contribution is -0.384. The summed E-state index contributed by atoms with van der Waals surface area (Å²) in [6, 6.07) is 3.70. The number of fused-ring (bicyclic) bond motifs is 3. The fourth-order valence-electron chi connectivity index (χ4n) is 2.46. The van der Waals surface area contributed by atoms with Gasteiger partial charge in [0.15, 0.2) is 10.5 Å². The fourth-order valence-corrected chi connectivity index (χ4v) is 3.39. The third kappa shape index (κ3) is 1.69. The van der Waals surface area contributed by atoms with Crippen LogP contribution in [0.15, 0.2) is 37.4 Å². The topological polar surface area (TPSA) is 108 Å². The average molecular weight is 317 g/mol. The van der Waals surface area contributed by atoms with Crippen LogP contribution >= 0.6 is 11.8 Å². The molecule has 0 radical (unpaired) electrons. The lowest BCUT2D eigenvalue weighted by Gasteiger charge is -2.04. The SMILES string of the molecule is O=c1c2cc([N+](=O)[O-])ccc2oc2nc3n(c(=O)c12)CCS3. The van der Waals surface area contributed by atoms with Crippen molar-refractivity contribution in [3.8, 4) is 0 Å². The van der Waals surface area contributed by atoms with Gasteiger partial charge in [-0.05, 0) is 6.07 Å². The van der Waals surface area contributed by atoms with E-state index < -0.39 is 15.9 Å². The van der Waals surface area contributed by atoms with Crippen molar-refractivity contribution in [2.45, 2.75) is 11.7 Å². The summed E-state index contributed by atoms with van der Waals surface area (Å²) < 4.78 is 6.93. The first-order valence-electron chi connectivity index (χ1n) is 6.35. The Balaban J connectivity index is 2.19. The highest BCUT2D eigenvalue weighted by Crippen LogP contribution is 2.25. The Bertz CT molecular complexity index is 1080. The van der Waals surface area contributed by atoms with Crippen LogP contribution in [0, 0.1) is 10.1 Å². The number of hydrogen-bond donors (Lipinski definition) is 0. The molecule has 2 aromatic heterocycles. The van der Waals surface area contributed by atoms with Crippen LogP contribution in [-0.2, 0) is 6.54 Å². The molecule has 0 fully saturated rings. The molecule has 1 aliphatic rings. The van der Waals surface area contributed by atoms with Gasteiger partial charge in [0.25, 0.3) is 11.2 Å². The number of nitro groups is 1. The largest absolute Gasteiger partial charge is 0.437 e.